The fourth-order valence-corrected chi connectivity index (χ4v) is 1.30. The summed E-state index contributed by atoms with van der Waals surface area (Å²) in [7, 11) is 0. The molecule has 4 heteroatoms. The number of nitrogens with one attached hydrogen (secondary N) is 1. The van der Waals surface area contributed by atoms with E-state index in [1.807, 2.05) is 6.07 Å². The van der Waals surface area contributed by atoms with Gasteiger partial charge in [0.25, 0.3) is 0 Å². The lowest BCUT2D eigenvalue weighted by molar-refractivity contribution is 0.0805. The van der Waals surface area contributed by atoms with E-state index in [1.54, 1.807) is 0 Å². The Balaban J connectivity index is 2.22. The van der Waals surface area contributed by atoms with Crippen LogP contribution in [0.2, 0.25) is 0 Å². The smallest absolute Gasteiger partial charge is 0.162 e. The number of hydrogen-bond acceptors (Lipinski definition) is 4. The molecule has 0 atom stereocenters. The summed E-state index contributed by atoms with van der Waals surface area (Å²) in [6.07, 6.45) is 1.13. The molecule has 0 radical (unpaired) electrons. The van der Waals surface area contributed by atoms with E-state index in [2.05, 4.69) is 31.2 Å². The summed E-state index contributed by atoms with van der Waals surface area (Å²) in [5, 5.41) is 7.24. The second kappa shape index (κ2) is 7.41. The van der Waals surface area contributed by atoms with Crippen molar-refractivity contribution in [2.45, 2.75) is 40.3 Å². The largest absolute Gasteiger partial charge is 0.373 e. The Morgan fingerprint density at radius 3 is 3.00 bits per heavy atom. The third-order valence-corrected chi connectivity index (χ3v) is 2.04. The Bertz CT molecular complexity index is 284. The van der Waals surface area contributed by atoms with Crippen molar-refractivity contribution in [1.82, 2.24) is 10.5 Å². The Morgan fingerprint density at radius 1 is 1.50 bits per heavy atom. The average Bonchev–Trinajstić information content (AvgIpc) is 2.66. The van der Waals surface area contributed by atoms with Gasteiger partial charge in [-0.05, 0) is 18.9 Å². The maximum Gasteiger partial charge on any atom is 0.162 e. The minimum absolute atomic E-state index is 0.513. The van der Waals surface area contributed by atoms with Gasteiger partial charge in [0, 0.05) is 19.2 Å². The summed E-state index contributed by atoms with van der Waals surface area (Å²) in [4.78, 5) is 0. The molecule has 0 aliphatic rings. The van der Waals surface area contributed by atoms with Crippen molar-refractivity contribution in [3.63, 3.8) is 0 Å². The minimum Gasteiger partial charge on any atom is -0.373 e. The monoisotopic (exact) mass is 226 g/mol. The lowest BCUT2D eigenvalue weighted by Crippen LogP contribution is -2.13. The number of nitrogens with zero attached hydrogens (tertiary/aromatic N) is 1. The summed E-state index contributed by atoms with van der Waals surface area (Å²) in [6.45, 7) is 9.43. The fourth-order valence-electron chi connectivity index (χ4n) is 1.30. The van der Waals surface area contributed by atoms with E-state index in [4.69, 9.17) is 9.26 Å². The molecule has 0 unspecified atom stereocenters. The fraction of sp³-hybridized carbons (Fsp3) is 0.750. The van der Waals surface area contributed by atoms with Crippen LogP contribution in [0.25, 0.3) is 0 Å². The summed E-state index contributed by atoms with van der Waals surface area (Å²) < 4.78 is 10.6. The number of aromatic nitrogens is 1. The number of rotatable bonds is 8. The van der Waals surface area contributed by atoms with Crippen molar-refractivity contribution in [3.05, 3.63) is 17.5 Å². The highest BCUT2D eigenvalue weighted by Crippen LogP contribution is 2.06. The minimum atomic E-state index is 0.513. The van der Waals surface area contributed by atoms with Gasteiger partial charge in [0.2, 0.25) is 0 Å². The molecule has 0 spiro atoms. The van der Waals surface area contributed by atoms with Gasteiger partial charge >= 0.3 is 0 Å². The van der Waals surface area contributed by atoms with Crippen LogP contribution in [0.1, 0.15) is 38.6 Å². The molecule has 1 heterocycles. The van der Waals surface area contributed by atoms with E-state index >= 15 is 0 Å². The lowest BCUT2D eigenvalue weighted by Gasteiger charge is -2.03. The Hall–Kier alpha value is -0.870. The number of ether oxygens (including phenoxy) is 1. The first-order valence-electron chi connectivity index (χ1n) is 5.95. The second-order valence-electron chi connectivity index (χ2n) is 4.37. The van der Waals surface area contributed by atoms with Crippen LogP contribution in [-0.2, 0) is 17.9 Å². The van der Waals surface area contributed by atoms with Gasteiger partial charge in [-0.15, -0.1) is 0 Å². The normalized spacial score (nSPS) is 11.2. The van der Waals surface area contributed by atoms with Crippen LogP contribution in [0.3, 0.4) is 0 Å². The van der Waals surface area contributed by atoms with Gasteiger partial charge in [-0.2, -0.15) is 0 Å². The van der Waals surface area contributed by atoms with Crippen molar-refractivity contribution in [1.29, 1.82) is 0 Å². The zero-order valence-corrected chi connectivity index (χ0v) is 10.5. The highest BCUT2D eigenvalue weighted by molar-refractivity contribution is 5.04. The first kappa shape index (κ1) is 13.2. The maximum atomic E-state index is 5.47. The Labute approximate surface area is 97.3 Å². The summed E-state index contributed by atoms with van der Waals surface area (Å²) in [5.41, 5.74) is 0.941. The van der Waals surface area contributed by atoms with Crippen LogP contribution in [0.15, 0.2) is 10.6 Å². The van der Waals surface area contributed by atoms with Gasteiger partial charge in [0.1, 0.15) is 6.61 Å². The summed E-state index contributed by atoms with van der Waals surface area (Å²) >= 11 is 0. The average molecular weight is 226 g/mol. The van der Waals surface area contributed by atoms with Crippen molar-refractivity contribution in [2.75, 3.05) is 13.2 Å². The molecule has 0 saturated carbocycles. The zero-order valence-electron chi connectivity index (χ0n) is 10.5. The third kappa shape index (κ3) is 5.28. The van der Waals surface area contributed by atoms with E-state index in [9.17, 15) is 0 Å². The maximum absolute atomic E-state index is 5.47. The van der Waals surface area contributed by atoms with Gasteiger partial charge in [-0.25, -0.2) is 0 Å². The molecule has 0 saturated heterocycles. The van der Waals surface area contributed by atoms with Crippen LogP contribution in [0.5, 0.6) is 0 Å². The first-order chi connectivity index (χ1) is 7.72. The molecule has 4 nitrogen and oxygen atoms in total. The van der Waals surface area contributed by atoms with Crippen molar-refractivity contribution in [2.24, 2.45) is 5.92 Å². The lowest BCUT2D eigenvalue weighted by atomic mass is 10.2. The van der Waals surface area contributed by atoms with Crippen LogP contribution in [-0.4, -0.2) is 18.3 Å². The summed E-state index contributed by atoms with van der Waals surface area (Å²) in [5.74, 6) is 1.35. The highest BCUT2D eigenvalue weighted by Gasteiger charge is 2.04. The molecule has 0 bridgehead atoms. The first-order valence-corrected chi connectivity index (χ1v) is 5.95. The van der Waals surface area contributed by atoms with Crippen molar-refractivity contribution >= 4 is 0 Å². The topological polar surface area (TPSA) is 47.3 Å². The van der Waals surface area contributed by atoms with Gasteiger partial charge < -0.3 is 14.6 Å². The molecule has 1 aromatic rings. The van der Waals surface area contributed by atoms with Gasteiger partial charge in [0.15, 0.2) is 5.76 Å². The second-order valence-corrected chi connectivity index (χ2v) is 4.37. The van der Waals surface area contributed by atoms with E-state index in [1.165, 1.54) is 0 Å². The molecule has 0 aliphatic carbocycles. The van der Waals surface area contributed by atoms with E-state index in [-0.39, 0.29) is 0 Å². The quantitative estimate of drug-likeness (QED) is 0.691. The molecule has 1 aromatic heterocycles. The number of hydrogen-bond donors (Lipinski definition) is 1. The van der Waals surface area contributed by atoms with E-state index in [0.29, 0.717) is 12.5 Å². The van der Waals surface area contributed by atoms with Crippen LogP contribution < -0.4 is 5.32 Å². The predicted octanol–water partition coefficient (Wildman–Crippen LogP) is 2.35. The predicted molar refractivity (Wildman–Crippen MR) is 63.0 cm³/mol. The third-order valence-electron chi connectivity index (χ3n) is 2.04. The van der Waals surface area contributed by atoms with E-state index in [0.717, 1.165) is 37.6 Å². The highest BCUT2D eigenvalue weighted by atomic mass is 16.5. The van der Waals surface area contributed by atoms with Crippen LogP contribution >= 0.6 is 0 Å². The molecule has 0 aliphatic heterocycles. The van der Waals surface area contributed by atoms with Gasteiger partial charge in [-0.1, -0.05) is 25.9 Å². The SMILES string of the molecule is CCCNCc1cc(COCC(C)C)on1. The Kier molecular flexibility index (Phi) is 6.11. The molecule has 0 aromatic carbocycles. The van der Waals surface area contributed by atoms with Crippen molar-refractivity contribution < 1.29 is 9.26 Å². The van der Waals surface area contributed by atoms with Crippen LogP contribution in [0.4, 0.5) is 0 Å². The van der Waals surface area contributed by atoms with Crippen LogP contribution in [0, 0.1) is 5.92 Å². The van der Waals surface area contributed by atoms with Gasteiger partial charge in [-0.3, -0.25) is 0 Å². The molecule has 0 amide bonds. The zero-order chi connectivity index (χ0) is 11.8. The molecule has 0 fully saturated rings. The molecule has 92 valence electrons. The van der Waals surface area contributed by atoms with Gasteiger partial charge in [0.05, 0.1) is 5.69 Å². The van der Waals surface area contributed by atoms with E-state index < -0.39 is 0 Å². The molecular weight excluding hydrogens is 204 g/mol. The molecular formula is C12H22N2O2. The molecule has 16 heavy (non-hydrogen) atoms. The Morgan fingerprint density at radius 2 is 2.31 bits per heavy atom. The molecule has 1 N–H and O–H groups in total. The summed E-state index contributed by atoms with van der Waals surface area (Å²) in [6, 6.07) is 1.95. The standard InChI is InChI=1S/C12H22N2O2/c1-4-5-13-7-11-6-12(16-14-11)9-15-8-10(2)3/h6,10,13H,4-5,7-9H2,1-3H3. The van der Waals surface area contributed by atoms with Crippen molar-refractivity contribution in [3.8, 4) is 0 Å². The molecule has 1 rings (SSSR count).